The first-order chi connectivity index (χ1) is 8.70. The molecule has 1 N–H and O–H groups in total. The fourth-order valence-corrected chi connectivity index (χ4v) is 2.81. The SMILES string of the molecule is CCn1c(C(C)C2CNC2)nc2cc(C)ccc21. The first-order valence-corrected chi connectivity index (χ1v) is 6.88. The van der Waals surface area contributed by atoms with Crippen molar-refractivity contribution in [2.75, 3.05) is 13.1 Å². The van der Waals surface area contributed by atoms with Crippen molar-refractivity contribution in [1.82, 2.24) is 14.9 Å². The Kier molecular flexibility index (Phi) is 2.86. The maximum absolute atomic E-state index is 4.88. The van der Waals surface area contributed by atoms with Crippen molar-refractivity contribution < 1.29 is 0 Å². The molecule has 0 amide bonds. The molecule has 1 saturated heterocycles. The molecule has 0 bridgehead atoms. The van der Waals surface area contributed by atoms with Crippen LogP contribution in [0.25, 0.3) is 11.0 Å². The van der Waals surface area contributed by atoms with Crippen LogP contribution >= 0.6 is 0 Å². The molecule has 1 atom stereocenters. The number of imidazole rings is 1. The Hall–Kier alpha value is -1.35. The Bertz CT molecular complexity index is 566. The zero-order valence-corrected chi connectivity index (χ0v) is 11.4. The number of aromatic nitrogens is 2. The summed E-state index contributed by atoms with van der Waals surface area (Å²) in [6.45, 7) is 9.91. The van der Waals surface area contributed by atoms with E-state index in [4.69, 9.17) is 4.98 Å². The predicted octanol–water partition coefficient (Wildman–Crippen LogP) is 2.69. The van der Waals surface area contributed by atoms with Crippen molar-refractivity contribution in [3.05, 3.63) is 29.6 Å². The topological polar surface area (TPSA) is 29.9 Å². The van der Waals surface area contributed by atoms with Gasteiger partial charge in [-0.15, -0.1) is 0 Å². The van der Waals surface area contributed by atoms with Crippen LogP contribution in [0.3, 0.4) is 0 Å². The Morgan fingerprint density at radius 1 is 1.44 bits per heavy atom. The summed E-state index contributed by atoms with van der Waals surface area (Å²) in [5.74, 6) is 2.54. The lowest BCUT2D eigenvalue weighted by atomic mass is 9.88. The number of fused-ring (bicyclic) bond motifs is 1. The van der Waals surface area contributed by atoms with Crippen LogP contribution in [0.15, 0.2) is 18.2 Å². The molecule has 1 aliphatic rings. The number of hydrogen-bond acceptors (Lipinski definition) is 2. The fraction of sp³-hybridized carbons (Fsp3) is 0.533. The molecule has 0 saturated carbocycles. The van der Waals surface area contributed by atoms with Gasteiger partial charge in [-0.25, -0.2) is 4.98 Å². The summed E-state index contributed by atoms with van der Waals surface area (Å²) < 4.78 is 2.37. The first-order valence-electron chi connectivity index (χ1n) is 6.88. The zero-order valence-electron chi connectivity index (χ0n) is 11.4. The quantitative estimate of drug-likeness (QED) is 0.898. The molecule has 18 heavy (non-hydrogen) atoms. The van der Waals surface area contributed by atoms with E-state index in [-0.39, 0.29) is 0 Å². The van der Waals surface area contributed by atoms with E-state index in [9.17, 15) is 0 Å². The fourth-order valence-electron chi connectivity index (χ4n) is 2.81. The van der Waals surface area contributed by atoms with Crippen molar-refractivity contribution in [3.8, 4) is 0 Å². The Morgan fingerprint density at radius 2 is 2.22 bits per heavy atom. The standard InChI is InChI=1S/C15H21N3/c1-4-18-14-6-5-10(2)7-13(14)17-15(18)11(3)12-8-16-9-12/h5-7,11-12,16H,4,8-9H2,1-3H3. The molecular formula is C15H21N3. The molecule has 2 heterocycles. The van der Waals surface area contributed by atoms with Crippen LogP contribution in [0.5, 0.6) is 0 Å². The highest BCUT2D eigenvalue weighted by molar-refractivity contribution is 5.77. The largest absolute Gasteiger partial charge is 0.328 e. The second kappa shape index (κ2) is 4.39. The smallest absolute Gasteiger partial charge is 0.113 e. The average molecular weight is 243 g/mol. The summed E-state index contributed by atoms with van der Waals surface area (Å²) >= 11 is 0. The van der Waals surface area contributed by atoms with E-state index in [0.717, 1.165) is 31.1 Å². The molecule has 1 aromatic heterocycles. The van der Waals surface area contributed by atoms with E-state index in [2.05, 4.69) is 48.9 Å². The van der Waals surface area contributed by atoms with Crippen molar-refractivity contribution >= 4 is 11.0 Å². The molecule has 3 rings (SSSR count). The lowest BCUT2D eigenvalue weighted by Crippen LogP contribution is -2.45. The summed E-state index contributed by atoms with van der Waals surface area (Å²) in [4.78, 5) is 4.88. The average Bonchev–Trinajstić information content (AvgIpc) is 2.63. The minimum atomic E-state index is 0.541. The van der Waals surface area contributed by atoms with Gasteiger partial charge in [0, 0.05) is 12.5 Å². The number of benzene rings is 1. The third-order valence-electron chi connectivity index (χ3n) is 4.18. The van der Waals surface area contributed by atoms with E-state index in [0.29, 0.717) is 5.92 Å². The number of rotatable bonds is 3. The van der Waals surface area contributed by atoms with Crippen molar-refractivity contribution in [2.24, 2.45) is 5.92 Å². The third kappa shape index (κ3) is 1.74. The molecule has 0 radical (unpaired) electrons. The first kappa shape index (κ1) is 11.7. The normalized spacial score (nSPS) is 17.9. The summed E-state index contributed by atoms with van der Waals surface area (Å²) in [5.41, 5.74) is 3.70. The number of hydrogen-bond donors (Lipinski definition) is 1. The molecule has 0 aliphatic carbocycles. The van der Waals surface area contributed by atoms with Gasteiger partial charge in [0.15, 0.2) is 0 Å². The Labute approximate surface area is 108 Å². The minimum Gasteiger partial charge on any atom is -0.328 e. The van der Waals surface area contributed by atoms with Crippen LogP contribution in [0.4, 0.5) is 0 Å². The van der Waals surface area contributed by atoms with Crippen LogP contribution < -0.4 is 5.32 Å². The van der Waals surface area contributed by atoms with Crippen LogP contribution in [-0.2, 0) is 6.54 Å². The molecule has 1 aliphatic heterocycles. The van der Waals surface area contributed by atoms with E-state index >= 15 is 0 Å². The summed E-state index contributed by atoms with van der Waals surface area (Å²) in [5, 5.41) is 3.36. The number of aryl methyl sites for hydroxylation is 2. The van der Waals surface area contributed by atoms with Gasteiger partial charge in [0.05, 0.1) is 11.0 Å². The van der Waals surface area contributed by atoms with E-state index in [1.54, 1.807) is 0 Å². The van der Waals surface area contributed by atoms with Gasteiger partial charge < -0.3 is 9.88 Å². The maximum Gasteiger partial charge on any atom is 0.113 e. The molecule has 1 fully saturated rings. The molecule has 96 valence electrons. The van der Waals surface area contributed by atoms with Gasteiger partial charge in [-0.2, -0.15) is 0 Å². The van der Waals surface area contributed by atoms with Crippen molar-refractivity contribution in [3.63, 3.8) is 0 Å². The summed E-state index contributed by atoms with van der Waals surface area (Å²) in [6.07, 6.45) is 0. The molecule has 3 heteroatoms. The monoisotopic (exact) mass is 243 g/mol. The second-order valence-electron chi connectivity index (χ2n) is 5.41. The van der Waals surface area contributed by atoms with Crippen LogP contribution in [0, 0.1) is 12.8 Å². The van der Waals surface area contributed by atoms with E-state index in [1.807, 2.05) is 0 Å². The van der Waals surface area contributed by atoms with Gasteiger partial charge in [-0.1, -0.05) is 13.0 Å². The van der Waals surface area contributed by atoms with Crippen LogP contribution in [-0.4, -0.2) is 22.6 Å². The lowest BCUT2D eigenvalue weighted by Gasteiger charge is -2.32. The highest BCUT2D eigenvalue weighted by atomic mass is 15.1. The molecule has 0 spiro atoms. The molecule has 1 aromatic carbocycles. The molecule has 3 nitrogen and oxygen atoms in total. The van der Waals surface area contributed by atoms with Gasteiger partial charge in [0.25, 0.3) is 0 Å². The van der Waals surface area contributed by atoms with Crippen LogP contribution in [0.1, 0.15) is 31.2 Å². The van der Waals surface area contributed by atoms with Gasteiger partial charge in [-0.3, -0.25) is 0 Å². The zero-order chi connectivity index (χ0) is 12.7. The van der Waals surface area contributed by atoms with Crippen LogP contribution in [0.2, 0.25) is 0 Å². The lowest BCUT2D eigenvalue weighted by molar-refractivity contribution is 0.292. The Morgan fingerprint density at radius 3 is 2.83 bits per heavy atom. The summed E-state index contributed by atoms with van der Waals surface area (Å²) in [7, 11) is 0. The second-order valence-corrected chi connectivity index (χ2v) is 5.41. The van der Waals surface area contributed by atoms with Crippen molar-refractivity contribution in [1.29, 1.82) is 0 Å². The minimum absolute atomic E-state index is 0.541. The van der Waals surface area contributed by atoms with Crippen molar-refractivity contribution in [2.45, 2.75) is 33.2 Å². The van der Waals surface area contributed by atoms with Gasteiger partial charge in [0.2, 0.25) is 0 Å². The van der Waals surface area contributed by atoms with Gasteiger partial charge in [0.1, 0.15) is 5.82 Å². The Balaban J connectivity index is 2.09. The number of nitrogens with zero attached hydrogens (tertiary/aromatic N) is 2. The maximum atomic E-state index is 4.88. The van der Waals surface area contributed by atoms with Gasteiger partial charge in [-0.05, 0) is 50.6 Å². The molecule has 1 unspecified atom stereocenters. The highest BCUT2D eigenvalue weighted by Gasteiger charge is 2.28. The number of nitrogens with one attached hydrogen (secondary N) is 1. The summed E-state index contributed by atoms with van der Waals surface area (Å²) in [6, 6.07) is 6.57. The molecular weight excluding hydrogens is 222 g/mol. The predicted molar refractivity (Wildman–Crippen MR) is 74.9 cm³/mol. The van der Waals surface area contributed by atoms with E-state index in [1.165, 1.54) is 16.9 Å². The third-order valence-corrected chi connectivity index (χ3v) is 4.18. The molecule has 2 aromatic rings. The highest BCUT2D eigenvalue weighted by Crippen LogP contribution is 2.29. The van der Waals surface area contributed by atoms with E-state index < -0.39 is 0 Å². The van der Waals surface area contributed by atoms with Gasteiger partial charge >= 0.3 is 0 Å².